The van der Waals surface area contributed by atoms with Gasteiger partial charge in [0.05, 0.1) is 23.4 Å². The van der Waals surface area contributed by atoms with Crippen molar-refractivity contribution in [3.8, 4) is 0 Å². The quantitative estimate of drug-likeness (QED) is 0.457. The lowest BCUT2D eigenvalue weighted by molar-refractivity contribution is 0.0514. The van der Waals surface area contributed by atoms with E-state index in [0.717, 1.165) is 0 Å². The fourth-order valence-corrected chi connectivity index (χ4v) is 2.17. The molecule has 0 amide bonds. The predicted molar refractivity (Wildman–Crippen MR) is 65.5 cm³/mol. The Kier molecular flexibility index (Phi) is 5.45. The molecule has 0 aliphatic carbocycles. The molecule has 1 heterocycles. The van der Waals surface area contributed by atoms with Gasteiger partial charge in [0.1, 0.15) is 4.60 Å². The molecule has 0 unspecified atom stereocenters. The average Bonchev–Trinajstić information content (AvgIpc) is 2.27. The first kappa shape index (κ1) is 14.5. The monoisotopic (exact) mass is 371 g/mol. The van der Waals surface area contributed by atoms with Crippen LogP contribution in [0.1, 0.15) is 35.0 Å². The van der Waals surface area contributed by atoms with Crippen molar-refractivity contribution in [1.29, 1.82) is 0 Å². The van der Waals surface area contributed by atoms with E-state index >= 15 is 0 Å². The van der Waals surface area contributed by atoms with Gasteiger partial charge >= 0.3 is 5.97 Å². The number of ether oxygens (including phenoxy) is 1. The lowest BCUT2D eigenvalue weighted by Crippen LogP contribution is -2.12. The standard InChI is InChI=1S/C10H9Br2F2NO2/c1-2-17-10(16)5-3-7(12)15-6(4-11)8(5)9(13)14/h3,9H,2,4H2,1H3. The maximum absolute atomic E-state index is 12.9. The first-order valence-electron chi connectivity index (χ1n) is 4.71. The Morgan fingerprint density at radius 1 is 1.59 bits per heavy atom. The summed E-state index contributed by atoms with van der Waals surface area (Å²) in [6.45, 7) is 1.74. The van der Waals surface area contributed by atoms with E-state index < -0.39 is 12.4 Å². The maximum Gasteiger partial charge on any atom is 0.338 e. The van der Waals surface area contributed by atoms with Gasteiger partial charge in [-0.1, -0.05) is 15.9 Å². The SMILES string of the molecule is CCOC(=O)c1cc(Br)nc(CBr)c1C(F)F. The molecule has 0 N–H and O–H groups in total. The van der Waals surface area contributed by atoms with Crippen LogP contribution in [0.25, 0.3) is 0 Å². The number of alkyl halides is 3. The highest BCUT2D eigenvalue weighted by molar-refractivity contribution is 9.10. The van der Waals surface area contributed by atoms with Crippen molar-refractivity contribution in [3.63, 3.8) is 0 Å². The number of aromatic nitrogens is 1. The molecule has 7 heteroatoms. The molecule has 0 saturated heterocycles. The molecule has 0 atom stereocenters. The van der Waals surface area contributed by atoms with E-state index in [2.05, 4.69) is 36.8 Å². The van der Waals surface area contributed by atoms with Crippen LogP contribution in [0.4, 0.5) is 8.78 Å². The highest BCUT2D eigenvalue weighted by Crippen LogP contribution is 2.29. The molecule has 0 spiro atoms. The van der Waals surface area contributed by atoms with E-state index in [-0.39, 0.29) is 28.8 Å². The van der Waals surface area contributed by atoms with Gasteiger partial charge in [0.15, 0.2) is 0 Å². The summed E-state index contributed by atoms with van der Waals surface area (Å²) >= 11 is 6.14. The summed E-state index contributed by atoms with van der Waals surface area (Å²) in [4.78, 5) is 15.5. The highest BCUT2D eigenvalue weighted by Gasteiger charge is 2.24. The molecular weight excluding hydrogens is 364 g/mol. The van der Waals surface area contributed by atoms with E-state index in [9.17, 15) is 13.6 Å². The summed E-state index contributed by atoms with van der Waals surface area (Å²) in [6, 6.07) is 1.24. The summed E-state index contributed by atoms with van der Waals surface area (Å²) in [5, 5.41) is 0.137. The highest BCUT2D eigenvalue weighted by atomic mass is 79.9. The van der Waals surface area contributed by atoms with Crippen molar-refractivity contribution in [3.05, 3.63) is 27.5 Å². The van der Waals surface area contributed by atoms with Crippen molar-refractivity contribution < 1.29 is 18.3 Å². The number of esters is 1. The minimum atomic E-state index is -2.78. The van der Waals surface area contributed by atoms with Crippen LogP contribution >= 0.6 is 31.9 Å². The van der Waals surface area contributed by atoms with E-state index in [1.165, 1.54) is 6.07 Å². The van der Waals surface area contributed by atoms with Crippen molar-refractivity contribution in [1.82, 2.24) is 4.98 Å². The second-order valence-corrected chi connectivity index (χ2v) is 4.38. The second-order valence-electron chi connectivity index (χ2n) is 3.01. The smallest absolute Gasteiger partial charge is 0.338 e. The van der Waals surface area contributed by atoms with Crippen LogP contribution in [-0.4, -0.2) is 17.6 Å². The van der Waals surface area contributed by atoms with Crippen LogP contribution in [0.2, 0.25) is 0 Å². The van der Waals surface area contributed by atoms with Gasteiger partial charge in [-0.25, -0.2) is 18.6 Å². The van der Waals surface area contributed by atoms with Crippen molar-refractivity contribution >= 4 is 37.8 Å². The number of hydrogen-bond donors (Lipinski definition) is 0. The van der Waals surface area contributed by atoms with Gasteiger partial charge in [-0.3, -0.25) is 0 Å². The van der Waals surface area contributed by atoms with Gasteiger partial charge in [-0.15, -0.1) is 0 Å². The molecule has 0 radical (unpaired) electrons. The van der Waals surface area contributed by atoms with Crippen LogP contribution in [0.15, 0.2) is 10.7 Å². The molecule has 0 aromatic carbocycles. The van der Waals surface area contributed by atoms with E-state index in [4.69, 9.17) is 4.74 Å². The zero-order valence-electron chi connectivity index (χ0n) is 8.84. The summed E-state index contributed by atoms with van der Waals surface area (Å²) in [5.74, 6) is -0.770. The summed E-state index contributed by atoms with van der Waals surface area (Å²) in [7, 11) is 0. The lowest BCUT2D eigenvalue weighted by atomic mass is 10.1. The largest absolute Gasteiger partial charge is 0.462 e. The first-order chi connectivity index (χ1) is 8.01. The molecule has 17 heavy (non-hydrogen) atoms. The van der Waals surface area contributed by atoms with Crippen molar-refractivity contribution in [2.45, 2.75) is 18.7 Å². The fraction of sp³-hybridized carbons (Fsp3) is 0.400. The zero-order chi connectivity index (χ0) is 13.0. The Labute approximate surface area is 114 Å². The van der Waals surface area contributed by atoms with Crippen LogP contribution in [0.5, 0.6) is 0 Å². The van der Waals surface area contributed by atoms with Gasteiger partial charge in [0.25, 0.3) is 6.43 Å². The molecule has 0 saturated carbocycles. The molecule has 0 aliphatic heterocycles. The topological polar surface area (TPSA) is 39.2 Å². The molecular formula is C10H9Br2F2NO2. The fourth-order valence-electron chi connectivity index (χ4n) is 1.30. The zero-order valence-corrected chi connectivity index (χ0v) is 12.0. The van der Waals surface area contributed by atoms with E-state index in [0.29, 0.717) is 4.60 Å². The molecule has 0 aliphatic rings. The van der Waals surface area contributed by atoms with Crippen LogP contribution in [-0.2, 0) is 10.1 Å². The van der Waals surface area contributed by atoms with Gasteiger partial charge < -0.3 is 4.74 Å². The minimum absolute atomic E-state index is 0.123. The minimum Gasteiger partial charge on any atom is -0.462 e. The van der Waals surface area contributed by atoms with Crippen molar-refractivity contribution in [2.75, 3.05) is 6.61 Å². The number of pyridine rings is 1. The lowest BCUT2D eigenvalue weighted by Gasteiger charge is -2.12. The number of nitrogens with zero attached hydrogens (tertiary/aromatic N) is 1. The molecule has 1 aromatic heterocycles. The van der Waals surface area contributed by atoms with Gasteiger partial charge in [-0.2, -0.15) is 0 Å². The van der Waals surface area contributed by atoms with Gasteiger partial charge in [-0.05, 0) is 28.9 Å². The van der Waals surface area contributed by atoms with Crippen LogP contribution < -0.4 is 0 Å². The van der Waals surface area contributed by atoms with Crippen LogP contribution in [0, 0.1) is 0 Å². The Morgan fingerprint density at radius 3 is 2.71 bits per heavy atom. The third-order valence-electron chi connectivity index (χ3n) is 1.95. The van der Waals surface area contributed by atoms with Gasteiger partial charge in [0.2, 0.25) is 0 Å². The Morgan fingerprint density at radius 2 is 2.24 bits per heavy atom. The molecule has 1 aromatic rings. The number of halogens is 4. The van der Waals surface area contributed by atoms with Gasteiger partial charge in [0, 0.05) is 5.33 Å². The summed E-state index contributed by atoms with van der Waals surface area (Å²) in [6.07, 6.45) is -2.78. The number of carbonyl (C=O) groups is 1. The van der Waals surface area contributed by atoms with E-state index in [1.807, 2.05) is 0 Å². The molecule has 1 rings (SSSR count). The predicted octanol–water partition coefficient (Wildman–Crippen LogP) is 3.85. The maximum atomic E-state index is 12.9. The second kappa shape index (κ2) is 6.39. The summed E-state index contributed by atoms with van der Waals surface area (Å²) in [5.41, 5.74) is -0.417. The van der Waals surface area contributed by atoms with Crippen LogP contribution in [0.3, 0.4) is 0 Å². The van der Waals surface area contributed by atoms with E-state index in [1.54, 1.807) is 6.92 Å². The Balaban J connectivity index is 3.35. The van der Waals surface area contributed by atoms with Crippen molar-refractivity contribution in [2.24, 2.45) is 0 Å². The average molecular weight is 373 g/mol. The molecule has 94 valence electrons. The Bertz CT molecular complexity index is 427. The Hall–Kier alpha value is -0.560. The number of rotatable bonds is 4. The molecule has 0 fully saturated rings. The third-order valence-corrected chi connectivity index (χ3v) is 2.88. The first-order valence-corrected chi connectivity index (χ1v) is 6.63. The number of hydrogen-bond acceptors (Lipinski definition) is 3. The number of carbonyl (C=O) groups excluding carboxylic acids is 1. The molecule has 3 nitrogen and oxygen atoms in total. The summed E-state index contributed by atoms with van der Waals surface area (Å²) < 4.78 is 30.9. The molecule has 0 bridgehead atoms. The normalized spacial score (nSPS) is 10.7. The third kappa shape index (κ3) is 3.45.